The van der Waals surface area contributed by atoms with E-state index in [1.165, 1.54) is 12.1 Å². The second-order valence-electron chi connectivity index (χ2n) is 7.38. The minimum Gasteiger partial charge on any atom is -0.483 e. The zero-order chi connectivity index (χ0) is 23.3. The average molecular weight is 517 g/mol. The van der Waals surface area contributed by atoms with E-state index in [2.05, 4.69) is 32.9 Å². The van der Waals surface area contributed by atoms with Crippen LogP contribution < -0.4 is 14.8 Å². The van der Waals surface area contributed by atoms with Gasteiger partial charge in [-0.2, -0.15) is 0 Å². The highest BCUT2D eigenvalue weighted by Gasteiger charge is 2.15. The van der Waals surface area contributed by atoms with Crippen molar-refractivity contribution in [3.05, 3.63) is 81.8 Å². The van der Waals surface area contributed by atoms with Gasteiger partial charge in [0.25, 0.3) is 15.9 Å². The van der Waals surface area contributed by atoms with E-state index >= 15 is 0 Å². The molecule has 168 valence electrons. The van der Waals surface area contributed by atoms with Crippen molar-refractivity contribution in [2.75, 3.05) is 16.6 Å². The monoisotopic (exact) mass is 516 g/mol. The number of carbonyl (C=O) groups is 1. The van der Waals surface area contributed by atoms with E-state index in [4.69, 9.17) is 4.74 Å². The molecule has 0 aliphatic rings. The Morgan fingerprint density at radius 3 is 2.25 bits per heavy atom. The van der Waals surface area contributed by atoms with Gasteiger partial charge in [0.1, 0.15) is 5.75 Å². The van der Waals surface area contributed by atoms with Gasteiger partial charge in [0.05, 0.1) is 9.37 Å². The first-order valence-electron chi connectivity index (χ1n) is 10.1. The summed E-state index contributed by atoms with van der Waals surface area (Å²) in [7, 11) is -3.74. The van der Waals surface area contributed by atoms with Gasteiger partial charge in [0.2, 0.25) is 0 Å². The number of rotatable bonds is 8. The molecule has 8 heteroatoms. The summed E-state index contributed by atoms with van der Waals surface area (Å²) in [5.74, 6) is 0.233. The third-order valence-corrected chi connectivity index (χ3v) is 6.99. The van der Waals surface area contributed by atoms with Gasteiger partial charge in [-0.3, -0.25) is 9.52 Å². The molecular weight excluding hydrogens is 492 g/mol. The fraction of sp³-hybridized carbons (Fsp3) is 0.208. The molecule has 1 amide bonds. The lowest BCUT2D eigenvalue weighted by atomic mass is 10.1. The van der Waals surface area contributed by atoms with Crippen LogP contribution in [-0.2, 0) is 21.2 Å². The maximum atomic E-state index is 12.6. The first-order valence-corrected chi connectivity index (χ1v) is 12.4. The molecule has 0 saturated carbocycles. The molecule has 0 aromatic heterocycles. The van der Waals surface area contributed by atoms with Crippen molar-refractivity contribution in [1.82, 2.24) is 0 Å². The Labute approximate surface area is 197 Å². The Morgan fingerprint density at radius 2 is 1.62 bits per heavy atom. The average Bonchev–Trinajstić information content (AvgIpc) is 2.75. The van der Waals surface area contributed by atoms with Crippen LogP contribution in [0.15, 0.2) is 70.0 Å². The number of halogens is 1. The third-order valence-electron chi connectivity index (χ3n) is 4.97. The lowest BCUT2D eigenvalue weighted by Crippen LogP contribution is -2.20. The van der Waals surface area contributed by atoms with Crippen molar-refractivity contribution >= 4 is 43.2 Å². The molecule has 2 N–H and O–H groups in total. The number of nitrogens with one attached hydrogen (secondary N) is 2. The number of aryl methyl sites for hydroxylation is 3. The molecule has 0 aliphatic carbocycles. The first kappa shape index (κ1) is 23.8. The van der Waals surface area contributed by atoms with E-state index in [1.807, 2.05) is 38.1 Å². The third kappa shape index (κ3) is 6.11. The fourth-order valence-corrected chi connectivity index (χ4v) is 4.55. The summed E-state index contributed by atoms with van der Waals surface area (Å²) in [6.07, 6.45) is 0.908. The van der Waals surface area contributed by atoms with Crippen molar-refractivity contribution in [2.45, 2.75) is 32.1 Å². The maximum Gasteiger partial charge on any atom is 0.262 e. The Hall–Kier alpha value is -2.84. The molecule has 3 rings (SSSR count). The van der Waals surface area contributed by atoms with Crippen LogP contribution in [0.5, 0.6) is 5.75 Å². The minimum absolute atomic E-state index is 0.102. The van der Waals surface area contributed by atoms with E-state index in [0.29, 0.717) is 17.1 Å². The van der Waals surface area contributed by atoms with Crippen LogP contribution in [0, 0.1) is 13.8 Å². The number of benzene rings is 3. The van der Waals surface area contributed by atoms with Gasteiger partial charge in [-0.15, -0.1) is 0 Å². The lowest BCUT2D eigenvalue weighted by Gasteiger charge is -2.11. The van der Waals surface area contributed by atoms with Crippen molar-refractivity contribution in [1.29, 1.82) is 0 Å². The predicted octanol–water partition coefficient (Wildman–Crippen LogP) is 5.45. The smallest absolute Gasteiger partial charge is 0.262 e. The first-order chi connectivity index (χ1) is 15.2. The second-order valence-corrected chi connectivity index (χ2v) is 9.92. The van der Waals surface area contributed by atoms with Crippen LogP contribution in [0.2, 0.25) is 0 Å². The van der Waals surface area contributed by atoms with E-state index < -0.39 is 10.0 Å². The second kappa shape index (κ2) is 10.2. The Morgan fingerprint density at radius 1 is 0.938 bits per heavy atom. The highest BCUT2D eigenvalue weighted by molar-refractivity contribution is 9.10. The molecule has 3 aromatic carbocycles. The largest absolute Gasteiger partial charge is 0.483 e. The number of ether oxygens (including phenoxy) is 1. The van der Waals surface area contributed by atoms with Gasteiger partial charge >= 0.3 is 0 Å². The quantitative estimate of drug-likeness (QED) is 0.417. The topological polar surface area (TPSA) is 84.5 Å². The van der Waals surface area contributed by atoms with E-state index in [9.17, 15) is 13.2 Å². The Bertz CT molecular complexity index is 1230. The number of hydrogen-bond donors (Lipinski definition) is 2. The van der Waals surface area contributed by atoms with Crippen molar-refractivity contribution in [3.63, 3.8) is 0 Å². The molecule has 0 spiro atoms. The number of hydrogen-bond acceptors (Lipinski definition) is 4. The number of anilines is 2. The zero-order valence-corrected chi connectivity index (χ0v) is 20.5. The highest BCUT2D eigenvalue weighted by Crippen LogP contribution is 2.26. The SMILES string of the molecule is CCc1ccc(OCC(=O)Nc2ccc(S(=O)(=O)Nc3ccc(C)c(C)c3)cc2)c(Br)c1. The standard InChI is InChI=1S/C24H25BrN2O4S/c1-4-18-6-12-23(22(25)14-18)31-15-24(28)26-19-8-10-21(11-9-19)32(29,30)27-20-7-5-16(2)17(3)13-20/h5-14,27H,4,15H2,1-3H3,(H,26,28). The summed E-state index contributed by atoms with van der Waals surface area (Å²) in [6.45, 7) is 5.78. The molecule has 0 bridgehead atoms. The van der Waals surface area contributed by atoms with E-state index in [0.717, 1.165) is 27.6 Å². The summed E-state index contributed by atoms with van der Waals surface area (Å²) < 4.78 is 34.2. The minimum atomic E-state index is -3.74. The molecule has 0 fully saturated rings. The normalized spacial score (nSPS) is 11.1. The molecule has 0 unspecified atom stereocenters. The molecule has 0 heterocycles. The van der Waals surface area contributed by atoms with Crippen LogP contribution >= 0.6 is 15.9 Å². The molecule has 0 radical (unpaired) electrons. The Kier molecular flexibility index (Phi) is 7.58. The van der Waals surface area contributed by atoms with Gasteiger partial charge < -0.3 is 10.1 Å². The summed E-state index contributed by atoms with van der Waals surface area (Å²) in [4.78, 5) is 12.3. The van der Waals surface area contributed by atoms with Crippen LogP contribution in [0.25, 0.3) is 0 Å². The van der Waals surface area contributed by atoms with Crippen molar-refractivity contribution in [3.8, 4) is 5.75 Å². The maximum absolute atomic E-state index is 12.6. The molecular formula is C24H25BrN2O4S. The van der Waals surface area contributed by atoms with E-state index in [1.54, 1.807) is 24.3 Å². The Balaban J connectivity index is 1.59. The fourth-order valence-electron chi connectivity index (χ4n) is 2.96. The van der Waals surface area contributed by atoms with Crippen molar-refractivity contribution < 1.29 is 17.9 Å². The number of sulfonamides is 1. The molecule has 32 heavy (non-hydrogen) atoms. The van der Waals surface area contributed by atoms with Crippen LogP contribution in [0.1, 0.15) is 23.6 Å². The van der Waals surface area contributed by atoms with Crippen molar-refractivity contribution in [2.24, 2.45) is 0 Å². The van der Waals surface area contributed by atoms with Gasteiger partial charge in [0, 0.05) is 11.4 Å². The molecule has 0 aliphatic heterocycles. The van der Waals surface area contributed by atoms with Gasteiger partial charge in [0.15, 0.2) is 6.61 Å². The number of amides is 1. The number of carbonyl (C=O) groups excluding carboxylic acids is 1. The lowest BCUT2D eigenvalue weighted by molar-refractivity contribution is -0.118. The zero-order valence-electron chi connectivity index (χ0n) is 18.1. The predicted molar refractivity (Wildman–Crippen MR) is 131 cm³/mol. The van der Waals surface area contributed by atoms with Gasteiger partial charge in [-0.1, -0.05) is 19.1 Å². The van der Waals surface area contributed by atoms with E-state index in [-0.39, 0.29) is 17.4 Å². The van der Waals surface area contributed by atoms with Gasteiger partial charge in [-0.25, -0.2) is 8.42 Å². The summed E-state index contributed by atoms with van der Waals surface area (Å²) in [5.41, 5.74) is 4.22. The molecule has 6 nitrogen and oxygen atoms in total. The van der Waals surface area contributed by atoms with Crippen LogP contribution in [0.4, 0.5) is 11.4 Å². The highest BCUT2D eigenvalue weighted by atomic mass is 79.9. The summed E-state index contributed by atoms with van der Waals surface area (Å²) in [6, 6.07) is 17.1. The van der Waals surface area contributed by atoms with Crippen LogP contribution in [0.3, 0.4) is 0 Å². The summed E-state index contributed by atoms with van der Waals surface area (Å²) in [5, 5.41) is 2.70. The van der Waals surface area contributed by atoms with Crippen LogP contribution in [-0.4, -0.2) is 20.9 Å². The molecule has 0 saturated heterocycles. The molecule has 3 aromatic rings. The van der Waals surface area contributed by atoms with Gasteiger partial charge in [-0.05, 0) is 101 Å². The molecule has 0 atom stereocenters. The summed E-state index contributed by atoms with van der Waals surface area (Å²) >= 11 is 3.44.